The zero-order valence-corrected chi connectivity index (χ0v) is 12.9. The molecule has 1 atom stereocenters. The second-order valence-electron chi connectivity index (χ2n) is 5.94. The van der Waals surface area contributed by atoms with Gasteiger partial charge in [0.25, 0.3) is 0 Å². The summed E-state index contributed by atoms with van der Waals surface area (Å²) in [6.45, 7) is 10.8. The first-order valence-electron chi connectivity index (χ1n) is 8.25. The molecule has 0 aliphatic heterocycles. The molecule has 0 aromatic rings. The van der Waals surface area contributed by atoms with E-state index in [4.69, 9.17) is 0 Å². The third-order valence-corrected chi connectivity index (χ3v) is 4.15. The third kappa shape index (κ3) is 7.38. The van der Waals surface area contributed by atoms with Crippen LogP contribution in [0.15, 0.2) is 0 Å². The molecule has 0 saturated heterocycles. The minimum Gasteiger partial charge on any atom is -0.314 e. The van der Waals surface area contributed by atoms with Crippen LogP contribution in [0.3, 0.4) is 0 Å². The van der Waals surface area contributed by atoms with Crippen LogP contribution < -0.4 is 5.32 Å². The first-order chi connectivity index (χ1) is 8.77. The van der Waals surface area contributed by atoms with Crippen molar-refractivity contribution in [3.05, 3.63) is 0 Å². The van der Waals surface area contributed by atoms with E-state index in [0.717, 1.165) is 12.1 Å². The van der Waals surface area contributed by atoms with Crippen LogP contribution in [0.1, 0.15) is 72.1 Å². The zero-order valence-electron chi connectivity index (χ0n) is 12.9. The van der Waals surface area contributed by atoms with Gasteiger partial charge in [0.2, 0.25) is 0 Å². The minimum atomic E-state index is 0.765. The van der Waals surface area contributed by atoms with E-state index in [-0.39, 0.29) is 0 Å². The molecule has 2 nitrogen and oxygen atoms in total. The number of hydrogen-bond acceptors (Lipinski definition) is 2. The predicted molar refractivity (Wildman–Crippen MR) is 81.1 cm³/mol. The minimum absolute atomic E-state index is 0.765. The van der Waals surface area contributed by atoms with Crippen molar-refractivity contribution in [2.75, 3.05) is 19.6 Å². The number of unbranched alkanes of at least 4 members (excludes halogenated alkanes) is 3. The van der Waals surface area contributed by atoms with Gasteiger partial charge in [-0.25, -0.2) is 0 Å². The molecule has 1 saturated carbocycles. The third-order valence-electron chi connectivity index (χ3n) is 4.15. The van der Waals surface area contributed by atoms with Gasteiger partial charge in [0.05, 0.1) is 0 Å². The largest absolute Gasteiger partial charge is 0.314 e. The van der Waals surface area contributed by atoms with E-state index in [1.807, 2.05) is 0 Å². The van der Waals surface area contributed by atoms with Crippen molar-refractivity contribution in [3.8, 4) is 0 Å². The Morgan fingerprint density at radius 3 is 2.39 bits per heavy atom. The fourth-order valence-corrected chi connectivity index (χ4v) is 2.38. The second kappa shape index (κ2) is 9.80. The maximum Gasteiger partial charge on any atom is 0.00682 e. The Hall–Kier alpha value is -0.0800. The van der Waals surface area contributed by atoms with Gasteiger partial charge in [0, 0.05) is 12.1 Å². The van der Waals surface area contributed by atoms with E-state index in [2.05, 4.69) is 31.0 Å². The number of nitrogens with zero attached hydrogens (tertiary/aromatic N) is 1. The van der Waals surface area contributed by atoms with Gasteiger partial charge in [0.15, 0.2) is 0 Å². The molecule has 2 heteroatoms. The summed E-state index contributed by atoms with van der Waals surface area (Å²) in [6.07, 6.45) is 10.9. The van der Waals surface area contributed by atoms with Crippen molar-refractivity contribution in [2.24, 2.45) is 0 Å². The van der Waals surface area contributed by atoms with Gasteiger partial charge < -0.3 is 10.2 Å². The average Bonchev–Trinajstić information content (AvgIpc) is 3.20. The van der Waals surface area contributed by atoms with E-state index < -0.39 is 0 Å². The molecule has 0 amide bonds. The van der Waals surface area contributed by atoms with Gasteiger partial charge >= 0.3 is 0 Å². The maximum atomic E-state index is 3.60. The molecule has 18 heavy (non-hydrogen) atoms. The highest BCUT2D eigenvalue weighted by Crippen LogP contribution is 2.18. The molecular weight excluding hydrogens is 220 g/mol. The van der Waals surface area contributed by atoms with Crippen molar-refractivity contribution in [2.45, 2.75) is 84.2 Å². The van der Waals surface area contributed by atoms with Crippen LogP contribution in [-0.2, 0) is 0 Å². The highest BCUT2D eigenvalue weighted by Gasteiger charge is 2.19. The maximum absolute atomic E-state index is 3.60. The van der Waals surface area contributed by atoms with E-state index in [9.17, 15) is 0 Å². The van der Waals surface area contributed by atoms with Crippen molar-refractivity contribution < 1.29 is 0 Å². The van der Waals surface area contributed by atoms with Crippen molar-refractivity contribution in [1.82, 2.24) is 10.2 Å². The van der Waals surface area contributed by atoms with Crippen LogP contribution in [0.4, 0.5) is 0 Å². The molecule has 1 fully saturated rings. The van der Waals surface area contributed by atoms with E-state index in [0.29, 0.717) is 0 Å². The first kappa shape index (κ1) is 16.0. The smallest absolute Gasteiger partial charge is 0.00682 e. The molecule has 108 valence electrons. The summed E-state index contributed by atoms with van der Waals surface area (Å²) >= 11 is 0. The molecule has 1 N–H and O–H groups in total. The molecule has 1 aliphatic carbocycles. The lowest BCUT2D eigenvalue weighted by Gasteiger charge is -2.28. The monoisotopic (exact) mass is 254 g/mol. The molecule has 0 aromatic carbocycles. The van der Waals surface area contributed by atoms with Crippen LogP contribution in [0, 0.1) is 0 Å². The van der Waals surface area contributed by atoms with Gasteiger partial charge in [-0.1, -0.05) is 26.7 Å². The predicted octanol–water partition coefficient (Wildman–Crippen LogP) is 3.81. The Morgan fingerprint density at radius 2 is 1.78 bits per heavy atom. The van der Waals surface area contributed by atoms with Crippen LogP contribution in [0.5, 0.6) is 0 Å². The zero-order chi connectivity index (χ0) is 13.2. The van der Waals surface area contributed by atoms with Gasteiger partial charge in [-0.15, -0.1) is 0 Å². The van der Waals surface area contributed by atoms with Crippen molar-refractivity contribution in [1.29, 1.82) is 0 Å². The Kier molecular flexibility index (Phi) is 8.70. The highest BCUT2D eigenvalue weighted by atomic mass is 15.1. The van der Waals surface area contributed by atoms with Crippen molar-refractivity contribution in [3.63, 3.8) is 0 Å². The van der Waals surface area contributed by atoms with Crippen LogP contribution in [-0.4, -0.2) is 36.6 Å². The quantitative estimate of drug-likeness (QED) is 0.533. The fourth-order valence-electron chi connectivity index (χ4n) is 2.38. The summed E-state index contributed by atoms with van der Waals surface area (Å²) in [6, 6.07) is 1.65. The number of nitrogens with one attached hydrogen (secondary N) is 1. The van der Waals surface area contributed by atoms with Gasteiger partial charge in [-0.05, 0) is 65.1 Å². The summed E-state index contributed by atoms with van der Waals surface area (Å²) in [5.41, 5.74) is 0. The Labute approximate surface area is 115 Å². The van der Waals surface area contributed by atoms with Gasteiger partial charge in [-0.3, -0.25) is 0 Å². The highest BCUT2D eigenvalue weighted by molar-refractivity contribution is 4.80. The normalized spacial score (nSPS) is 17.3. The lowest BCUT2D eigenvalue weighted by molar-refractivity contribution is 0.196. The Bertz CT molecular complexity index is 190. The average molecular weight is 254 g/mol. The van der Waals surface area contributed by atoms with Crippen LogP contribution >= 0.6 is 0 Å². The molecule has 0 radical (unpaired) electrons. The summed E-state index contributed by atoms with van der Waals surface area (Å²) in [7, 11) is 0. The molecule has 0 aromatic heterocycles. The molecule has 0 heterocycles. The second-order valence-corrected chi connectivity index (χ2v) is 5.94. The topological polar surface area (TPSA) is 15.3 Å². The Balaban J connectivity index is 1.99. The Morgan fingerprint density at radius 1 is 1.06 bits per heavy atom. The van der Waals surface area contributed by atoms with Crippen LogP contribution in [0.25, 0.3) is 0 Å². The molecule has 0 spiro atoms. The number of rotatable bonds is 12. The van der Waals surface area contributed by atoms with E-state index in [1.165, 1.54) is 71.0 Å². The summed E-state index contributed by atoms with van der Waals surface area (Å²) in [5.74, 6) is 0. The first-order valence-corrected chi connectivity index (χ1v) is 8.25. The van der Waals surface area contributed by atoms with Gasteiger partial charge in [-0.2, -0.15) is 0 Å². The number of hydrogen-bond donors (Lipinski definition) is 1. The lowest BCUT2D eigenvalue weighted by atomic mass is 10.1. The molecule has 1 rings (SSSR count). The molecule has 0 bridgehead atoms. The summed E-state index contributed by atoms with van der Waals surface area (Å²) in [4.78, 5) is 2.69. The van der Waals surface area contributed by atoms with E-state index >= 15 is 0 Å². The van der Waals surface area contributed by atoms with Gasteiger partial charge in [0.1, 0.15) is 0 Å². The lowest BCUT2D eigenvalue weighted by Crippen LogP contribution is -2.34. The molecular formula is C16H34N2. The molecule has 1 aliphatic rings. The summed E-state index contributed by atoms with van der Waals surface area (Å²) < 4.78 is 0. The standard InChI is InChI=1S/C16H34N2/c1-4-6-13-18(15(3)5-2)14-9-7-8-12-17-16-10-11-16/h15-17H,4-14H2,1-3H3. The fraction of sp³-hybridized carbons (Fsp3) is 1.00. The van der Waals surface area contributed by atoms with E-state index in [1.54, 1.807) is 0 Å². The molecule has 1 unspecified atom stereocenters. The summed E-state index contributed by atoms with van der Waals surface area (Å²) in [5, 5.41) is 3.60. The van der Waals surface area contributed by atoms with Crippen LogP contribution in [0.2, 0.25) is 0 Å². The van der Waals surface area contributed by atoms with Crippen molar-refractivity contribution >= 4 is 0 Å². The SMILES string of the molecule is CCCCN(CCCCCNC1CC1)C(C)CC.